The number of hydrogen-bond acceptors (Lipinski definition) is 6. The first-order valence-electron chi connectivity index (χ1n) is 4.80. The van der Waals surface area contributed by atoms with Crippen molar-refractivity contribution in [2.24, 2.45) is 0 Å². The molecule has 1 aromatic carbocycles. The van der Waals surface area contributed by atoms with Crippen molar-refractivity contribution in [3.63, 3.8) is 0 Å². The predicted octanol–water partition coefficient (Wildman–Crippen LogP) is 2.24. The Balaban J connectivity index is 2.08. The molecule has 0 amide bonds. The minimum Gasteiger partial charge on any atom is -0.368 e. The minimum absolute atomic E-state index is 0.0316. The van der Waals surface area contributed by atoms with Gasteiger partial charge in [0.25, 0.3) is 5.69 Å². The van der Waals surface area contributed by atoms with Crippen molar-refractivity contribution in [3.8, 4) is 0 Å². The number of non-ortho nitro benzene ring substituents is 1. The quantitative estimate of drug-likeness (QED) is 0.506. The van der Waals surface area contributed by atoms with Gasteiger partial charge in [-0.2, -0.15) is 4.98 Å². The van der Waals surface area contributed by atoms with Crippen molar-refractivity contribution in [1.82, 2.24) is 15.2 Å². The summed E-state index contributed by atoms with van der Waals surface area (Å²) in [5.74, 6) is 0.751. The number of anilines is 1. The van der Waals surface area contributed by atoms with Gasteiger partial charge in [-0.3, -0.25) is 10.1 Å². The predicted molar refractivity (Wildman–Crippen MR) is 68.5 cm³/mol. The van der Waals surface area contributed by atoms with Crippen LogP contribution in [0, 0.1) is 10.1 Å². The fourth-order valence-corrected chi connectivity index (χ4v) is 2.36. The van der Waals surface area contributed by atoms with Gasteiger partial charge >= 0.3 is 0 Å². The van der Waals surface area contributed by atoms with E-state index in [0.29, 0.717) is 15.9 Å². The standard InChI is InChI=1S/C9H8ClN5O2S/c10-7-3-6(15(16)17)2-1-5(7)4-18-9-12-8(11)13-14-9/h1-3H,4H2,(H3,11,12,13,14). The smallest absolute Gasteiger partial charge is 0.270 e. The molecule has 3 N–H and O–H groups in total. The lowest BCUT2D eigenvalue weighted by Crippen LogP contribution is -1.90. The highest BCUT2D eigenvalue weighted by molar-refractivity contribution is 7.98. The highest BCUT2D eigenvalue weighted by atomic mass is 35.5. The van der Waals surface area contributed by atoms with E-state index in [9.17, 15) is 10.1 Å². The number of nitro groups is 1. The molecule has 0 radical (unpaired) electrons. The molecular formula is C9H8ClN5O2S. The first-order valence-corrected chi connectivity index (χ1v) is 6.16. The van der Waals surface area contributed by atoms with Crippen molar-refractivity contribution < 1.29 is 4.92 Å². The summed E-state index contributed by atoms with van der Waals surface area (Å²) in [7, 11) is 0. The summed E-state index contributed by atoms with van der Waals surface area (Å²) in [5.41, 5.74) is 6.13. The average molecular weight is 286 g/mol. The van der Waals surface area contributed by atoms with Crippen LogP contribution in [0.25, 0.3) is 0 Å². The molecule has 2 aromatic rings. The molecule has 18 heavy (non-hydrogen) atoms. The number of aromatic amines is 1. The number of nitrogen functional groups attached to an aromatic ring is 1. The van der Waals surface area contributed by atoms with Crippen LogP contribution in [0.4, 0.5) is 11.6 Å². The third-order valence-electron chi connectivity index (χ3n) is 2.09. The molecule has 0 fully saturated rings. The third kappa shape index (κ3) is 2.90. The van der Waals surface area contributed by atoms with E-state index in [4.69, 9.17) is 17.3 Å². The molecule has 94 valence electrons. The Kier molecular flexibility index (Phi) is 3.68. The normalized spacial score (nSPS) is 10.5. The van der Waals surface area contributed by atoms with Gasteiger partial charge in [-0.15, -0.1) is 5.10 Å². The minimum atomic E-state index is -0.487. The topological polar surface area (TPSA) is 111 Å². The summed E-state index contributed by atoms with van der Waals surface area (Å²) in [6.07, 6.45) is 0. The Hall–Kier alpha value is -1.80. The lowest BCUT2D eigenvalue weighted by Gasteiger charge is -2.01. The highest BCUT2D eigenvalue weighted by Gasteiger charge is 2.10. The van der Waals surface area contributed by atoms with E-state index in [1.54, 1.807) is 6.07 Å². The maximum Gasteiger partial charge on any atom is 0.270 e. The molecular weight excluding hydrogens is 278 g/mol. The van der Waals surface area contributed by atoms with E-state index in [1.807, 2.05) is 0 Å². The molecule has 0 bridgehead atoms. The van der Waals surface area contributed by atoms with Gasteiger partial charge in [0.2, 0.25) is 11.1 Å². The monoisotopic (exact) mass is 285 g/mol. The molecule has 0 saturated heterocycles. The van der Waals surface area contributed by atoms with Crippen LogP contribution in [0.2, 0.25) is 5.02 Å². The fraction of sp³-hybridized carbons (Fsp3) is 0.111. The van der Waals surface area contributed by atoms with Crippen molar-refractivity contribution in [3.05, 3.63) is 38.9 Å². The largest absolute Gasteiger partial charge is 0.368 e. The van der Waals surface area contributed by atoms with Gasteiger partial charge in [-0.25, -0.2) is 5.10 Å². The molecule has 0 aliphatic rings. The summed E-state index contributed by atoms with van der Waals surface area (Å²) in [6.45, 7) is 0. The molecule has 1 aromatic heterocycles. The van der Waals surface area contributed by atoms with Gasteiger partial charge in [0.15, 0.2) is 0 Å². The zero-order valence-electron chi connectivity index (χ0n) is 8.96. The Bertz CT molecular complexity index is 588. The van der Waals surface area contributed by atoms with Gasteiger partial charge in [-0.05, 0) is 11.6 Å². The third-order valence-corrected chi connectivity index (χ3v) is 3.33. The lowest BCUT2D eigenvalue weighted by atomic mass is 10.2. The van der Waals surface area contributed by atoms with E-state index in [-0.39, 0.29) is 11.6 Å². The SMILES string of the molecule is Nc1nc(SCc2ccc([N+](=O)[O-])cc2Cl)n[nH]1. The Morgan fingerprint density at radius 2 is 2.33 bits per heavy atom. The number of benzene rings is 1. The maximum atomic E-state index is 10.6. The highest BCUT2D eigenvalue weighted by Crippen LogP contribution is 2.27. The van der Waals surface area contributed by atoms with Crippen molar-refractivity contribution in [1.29, 1.82) is 0 Å². The van der Waals surface area contributed by atoms with Gasteiger partial charge in [0.05, 0.1) is 9.95 Å². The van der Waals surface area contributed by atoms with Gasteiger partial charge in [0, 0.05) is 17.9 Å². The number of rotatable bonds is 4. The molecule has 0 saturated carbocycles. The van der Waals surface area contributed by atoms with E-state index >= 15 is 0 Å². The van der Waals surface area contributed by atoms with Gasteiger partial charge in [0.1, 0.15) is 0 Å². The molecule has 7 nitrogen and oxygen atoms in total. The molecule has 9 heteroatoms. The Labute approximate surface area is 111 Å². The molecule has 0 spiro atoms. The molecule has 0 aliphatic heterocycles. The first kappa shape index (κ1) is 12.7. The molecule has 0 atom stereocenters. The number of hydrogen-bond donors (Lipinski definition) is 2. The summed E-state index contributed by atoms with van der Waals surface area (Å²) in [6, 6.07) is 4.35. The van der Waals surface area contributed by atoms with Crippen molar-refractivity contribution in [2.75, 3.05) is 5.73 Å². The number of nitrogens with one attached hydrogen (secondary N) is 1. The number of nitrogens with two attached hydrogens (primary N) is 1. The van der Waals surface area contributed by atoms with Crippen LogP contribution in [0.5, 0.6) is 0 Å². The second kappa shape index (κ2) is 5.23. The Morgan fingerprint density at radius 1 is 1.56 bits per heavy atom. The van der Waals surface area contributed by atoms with Crippen LogP contribution >= 0.6 is 23.4 Å². The summed E-state index contributed by atoms with van der Waals surface area (Å²) >= 11 is 7.29. The van der Waals surface area contributed by atoms with Crippen LogP contribution in [-0.4, -0.2) is 20.1 Å². The lowest BCUT2D eigenvalue weighted by molar-refractivity contribution is -0.384. The average Bonchev–Trinajstić information content (AvgIpc) is 2.73. The van der Waals surface area contributed by atoms with Crippen molar-refractivity contribution >= 4 is 35.0 Å². The van der Waals surface area contributed by atoms with Gasteiger partial charge < -0.3 is 5.73 Å². The number of nitrogens with zero attached hydrogens (tertiary/aromatic N) is 3. The number of halogens is 1. The summed E-state index contributed by atoms with van der Waals surface area (Å²) in [5, 5.41) is 17.8. The molecule has 0 unspecified atom stereocenters. The number of aromatic nitrogens is 3. The van der Waals surface area contributed by atoms with Crippen LogP contribution in [0.3, 0.4) is 0 Å². The van der Waals surface area contributed by atoms with Crippen LogP contribution in [0.1, 0.15) is 5.56 Å². The van der Waals surface area contributed by atoms with Crippen molar-refractivity contribution in [2.45, 2.75) is 10.9 Å². The number of nitro benzene ring substituents is 1. The number of thioether (sulfide) groups is 1. The van der Waals surface area contributed by atoms with Crippen LogP contribution in [0.15, 0.2) is 23.4 Å². The maximum absolute atomic E-state index is 10.6. The van der Waals surface area contributed by atoms with E-state index < -0.39 is 4.92 Å². The van der Waals surface area contributed by atoms with Crippen LogP contribution in [-0.2, 0) is 5.75 Å². The summed E-state index contributed by atoms with van der Waals surface area (Å²) < 4.78 is 0. The van der Waals surface area contributed by atoms with E-state index in [0.717, 1.165) is 5.56 Å². The van der Waals surface area contributed by atoms with Gasteiger partial charge in [-0.1, -0.05) is 23.4 Å². The first-order chi connectivity index (χ1) is 8.56. The zero-order valence-corrected chi connectivity index (χ0v) is 10.5. The van der Waals surface area contributed by atoms with E-state index in [2.05, 4.69) is 15.2 Å². The number of H-pyrrole nitrogens is 1. The fourth-order valence-electron chi connectivity index (χ4n) is 1.23. The summed E-state index contributed by atoms with van der Waals surface area (Å²) in [4.78, 5) is 14.0. The molecule has 1 heterocycles. The molecule has 2 rings (SSSR count). The molecule has 0 aliphatic carbocycles. The zero-order chi connectivity index (χ0) is 13.1. The van der Waals surface area contributed by atoms with E-state index in [1.165, 1.54) is 23.9 Å². The van der Waals surface area contributed by atoms with Crippen LogP contribution < -0.4 is 5.73 Å². The second-order valence-electron chi connectivity index (χ2n) is 3.32. The Morgan fingerprint density at radius 3 is 2.89 bits per heavy atom. The second-order valence-corrected chi connectivity index (χ2v) is 4.67.